The Labute approximate surface area is 167 Å². The van der Waals surface area contributed by atoms with Gasteiger partial charge in [0, 0.05) is 0 Å². The van der Waals surface area contributed by atoms with Crippen LogP contribution >= 0.6 is 0 Å². The number of carboxylic acids is 1. The molecule has 1 fully saturated rings. The topological polar surface area (TPSA) is 87.0 Å². The number of hydrogen-bond donors (Lipinski definition) is 3. The Morgan fingerprint density at radius 1 is 1.25 bits per heavy atom. The van der Waals surface area contributed by atoms with Crippen LogP contribution in [0.25, 0.3) is 0 Å². The predicted molar refractivity (Wildman–Crippen MR) is 107 cm³/mol. The van der Waals surface area contributed by atoms with E-state index >= 15 is 0 Å². The van der Waals surface area contributed by atoms with Gasteiger partial charge in [0.2, 0.25) is 0 Å². The Morgan fingerprint density at radius 2 is 2.07 bits per heavy atom. The second-order valence-corrected chi connectivity index (χ2v) is 8.60. The smallest absolute Gasteiger partial charge is 0.341 e. The first-order chi connectivity index (χ1) is 13.5. The van der Waals surface area contributed by atoms with Crippen molar-refractivity contribution in [1.29, 1.82) is 0 Å². The van der Waals surface area contributed by atoms with Gasteiger partial charge >= 0.3 is 5.97 Å². The Balaban J connectivity index is 1.62. The lowest BCUT2D eigenvalue weighted by molar-refractivity contribution is -0.139. The fourth-order valence-electron chi connectivity index (χ4n) is 5.24. The fraction of sp³-hybridized carbons (Fsp3) is 0.696. The second-order valence-electron chi connectivity index (χ2n) is 8.60. The van der Waals surface area contributed by atoms with E-state index in [0.29, 0.717) is 17.6 Å². The molecule has 1 aromatic carbocycles. The number of rotatable bonds is 10. The summed E-state index contributed by atoms with van der Waals surface area (Å²) in [7, 11) is 0. The lowest BCUT2D eigenvalue weighted by Crippen LogP contribution is -2.28. The number of aliphatic hydroxyl groups excluding tert-OH is 2. The van der Waals surface area contributed by atoms with E-state index in [1.165, 1.54) is 5.56 Å². The molecule has 0 radical (unpaired) electrons. The number of aliphatic hydroxyl groups is 2. The minimum atomic E-state index is -0.972. The quantitative estimate of drug-likeness (QED) is 0.532. The van der Waals surface area contributed by atoms with Crippen LogP contribution in [0.15, 0.2) is 18.2 Å². The van der Waals surface area contributed by atoms with Gasteiger partial charge in [0.15, 0.2) is 6.61 Å². The van der Waals surface area contributed by atoms with Crippen LogP contribution in [0, 0.1) is 17.8 Å². The van der Waals surface area contributed by atoms with Crippen LogP contribution in [-0.2, 0) is 17.6 Å². The molecule has 156 valence electrons. The summed E-state index contributed by atoms with van der Waals surface area (Å²) in [5, 5.41) is 29.8. The third kappa shape index (κ3) is 5.06. The highest BCUT2D eigenvalue weighted by atomic mass is 16.5. The molecule has 1 unspecified atom stereocenters. The summed E-state index contributed by atoms with van der Waals surface area (Å²) >= 11 is 0. The van der Waals surface area contributed by atoms with E-state index in [1.807, 2.05) is 12.1 Å². The summed E-state index contributed by atoms with van der Waals surface area (Å²) < 4.78 is 5.50. The molecule has 2 aliphatic carbocycles. The molecule has 5 nitrogen and oxygen atoms in total. The van der Waals surface area contributed by atoms with Crippen LogP contribution in [0.3, 0.4) is 0 Å². The number of aliphatic carboxylic acids is 1. The molecular formula is C23H34O5. The summed E-state index contributed by atoms with van der Waals surface area (Å²) in [6, 6.07) is 5.87. The van der Waals surface area contributed by atoms with E-state index in [4.69, 9.17) is 9.84 Å². The fourth-order valence-corrected chi connectivity index (χ4v) is 5.24. The largest absolute Gasteiger partial charge is 0.482 e. The molecule has 0 bridgehead atoms. The Kier molecular flexibility index (Phi) is 7.36. The van der Waals surface area contributed by atoms with Crippen LogP contribution in [0.5, 0.6) is 5.75 Å². The van der Waals surface area contributed by atoms with Crippen LogP contribution in [0.4, 0.5) is 0 Å². The van der Waals surface area contributed by atoms with Crippen LogP contribution in [0.2, 0.25) is 0 Å². The van der Waals surface area contributed by atoms with Gasteiger partial charge in [-0.05, 0) is 73.5 Å². The van der Waals surface area contributed by atoms with Gasteiger partial charge in [-0.2, -0.15) is 0 Å². The van der Waals surface area contributed by atoms with Gasteiger partial charge in [0.25, 0.3) is 0 Å². The molecule has 0 aromatic heterocycles. The molecule has 3 rings (SSSR count). The number of unbranched alkanes of at least 4 members (excludes halogenated alkanes) is 2. The van der Waals surface area contributed by atoms with Gasteiger partial charge in [-0.1, -0.05) is 38.3 Å². The SMILES string of the molecule is CCCCCC(O)CC[C@H]1[C@@H]2Cc3cccc(OCC(=O)O)c3C[C@@H]2C[C@H]1O. The third-order valence-electron chi connectivity index (χ3n) is 6.67. The number of hydrogen-bond acceptors (Lipinski definition) is 4. The Bertz CT molecular complexity index is 658. The lowest BCUT2D eigenvalue weighted by Gasteiger charge is -2.32. The van der Waals surface area contributed by atoms with Crippen molar-refractivity contribution >= 4 is 5.97 Å². The van der Waals surface area contributed by atoms with E-state index in [9.17, 15) is 15.0 Å². The predicted octanol–water partition coefficient (Wildman–Crippen LogP) is 3.58. The van der Waals surface area contributed by atoms with E-state index in [2.05, 4.69) is 13.0 Å². The van der Waals surface area contributed by atoms with Crippen LogP contribution in [0.1, 0.15) is 63.0 Å². The van der Waals surface area contributed by atoms with Gasteiger partial charge in [-0.15, -0.1) is 0 Å². The van der Waals surface area contributed by atoms with E-state index in [0.717, 1.165) is 63.4 Å². The van der Waals surface area contributed by atoms with Crippen molar-refractivity contribution in [1.82, 2.24) is 0 Å². The molecule has 1 saturated carbocycles. The zero-order valence-electron chi connectivity index (χ0n) is 16.8. The first-order valence-corrected chi connectivity index (χ1v) is 10.8. The highest BCUT2D eigenvalue weighted by Gasteiger charge is 2.44. The molecule has 0 spiro atoms. The maximum atomic E-state index is 10.8. The zero-order chi connectivity index (χ0) is 20.1. The summed E-state index contributed by atoms with van der Waals surface area (Å²) in [5.74, 6) is 0.768. The van der Waals surface area contributed by atoms with Gasteiger partial charge in [0.1, 0.15) is 5.75 Å². The summed E-state index contributed by atoms with van der Waals surface area (Å²) in [4.78, 5) is 10.8. The number of carboxylic acid groups (broad SMARTS) is 1. The Hall–Kier alpha value is -1.59. The van der Waals surface area contributed by atoms with Crippen LogP contribution in [-0.4, -0.2) is 40.1 Å². The molecule has 5 heteroatoms. The maximum absolute atomic E-state index is 10.8. The molecular weight excluding hydrogens is 356 g/mol. The van der Waals surface area contributed by atoms with Crippen molar-refractivity contribution in [3.05, 3.63) is 29.3 Å². The number of fused-ring (bicyclic) bond motifs is 2. The minimum Gasteiger partial charge on any atom is -0.482 e. The van der Waals surface area contributed by atoms with Crippen molar-refractivity contribution < 1.29 is 24.9 Å². The van der Waals surface area contributed by atoms with Gasteiger partial charge in [-0.3, -0.25) is 0 Å². The summed E-state index contributed by atoms with van der Waals surface area (Å²) in [6.07, 6.45) is 7.85. The van der Waals surface area contributed by atoms with Gasteiger partial charge < -0.3 is 20.1 Å². The highest BCUT2D eigenvalue weighted by molar-refractivity contribution is 5.68. The monoisotopic (exact) mass is 390 g/mol. The van der Waals surface area contributed by atoms with Crippen molar-refractivity contribution in [2.24, 2.45) is 17.8 Å². The molecule has 0 aliphatic heterocycles. The summed E-state index contributed by atoms with van der Waals surface area (Å²) in [5.41, 5.74) is 2.32. The first kappa shape index (κ1) is 21.1. The average Bonchev–Trinajstić information content (AvgIpc) is 2.97. The zero-order valence-corrected chi connectivity index (χ0v) is 16.8. The molecule has 1 aromatic rings. The normalized spacial score (nSPS) is 27.1. The Morgan fingerprint density at radius 3 is 2.82 bits per heavy atom. The lowest BCUT2D eigenvalue weighted by atomic mass is 9.73. The molecule has 2 aliphatic rings. The van der Waals surface area contributed by atoms with Crippen molar-refractivity contribution in [2.75, 3.05) is 6.61 Å². The molecule has 0 saturated heterocycles. The number of ether oxygens (including phenoxy) is 1. The average molecular weight is 391 g/mol. The summed E-state index contributed by atoms with van der Waals surface area (Å²) in [6.45, 7) is 1.84. The molecule has 5 atom stereocenters. The first-order valence-electron chi connectivity index (χ1n) is 10.8. The third-order valence-corrected chi connectivity index (χ3v) is 6.67. The molecule has 3 N–H and O–H groups in total. The van der Waals surface area contributed by atoms with E-state index < -0.39 is 5.97 Å². The van der Waals surface area contributed by atoms with Crippen molar-refractivity contribution in [3.8, 4) is 5.75 Å². The van der Waals surface area contributed by atoms with Gasteiger partial charge in [0.05, 0.1) is 12.2 Å². The second kappa shape index (κ2) is 9.75. The molecule has 0 amide bonds. The molecule has 0 heterocycles. The van der Waals surface area contributed by atoms with Gasteiger partial charge in [-0.25, -0.2) is 4.79 Å². The van der Waals surface area contributed by atoms with Crippen molar-refractivity contribution in [2.45, 2.75) is 76.9 Å². The highest BCUT2D eigenvalue weighted by Crippen LogP contribution is 2.48. The number of carbonyl (C=O) groups is 1. The maximum Gasteiger partial charge on any atom is 0.341 e. The van der Waals surface area contributed by atoms with Crippen LogP contribution < -0.4 is 4.74 Å². The van der Waals surface area contributed by atoms with E-state index in [-0.39, 0.29) is 24.7 Å². The standard InChI is InChI=1S/C23H34O5/c1-2-3-4-7-17(24)9-10-18-19-11-15-6-5-8-22(28-14-23(26)27)20(15)12-16(19)13-21(18)25/h5-6,8,16-19,21,24-25H,2-4,7,9-14H2,1H3,(H,26,27)/t16-,17?,18+,19-,21-/m1/s1. The molecule has 28 heavy (non-hydrogen) atoms. The van der Waals surface area contributed by atoms with Crippen molar-refractivity contribution in [3.63, 3.8) is 0 Å². The minimum absolute atomic E-state index is 0.238. The number of benzene rings is 1. The van der Waals surface area contributed by atoms with E-state index in [1.54, 1.807) is 0 Å².